The number of aromatic hydroxyl groups is 2. The average Bonchev–Trinajstić information content (AvgIpc) is 3.07. The van der Waals surface area contributed by atoms with Crippen LogP contribution >= 0.6 is 46.4 Å². The fraction of sp³-hybridized carbons (Fsp3) is 0.0588. The minimum Gasteiger partial charge on any atom is -0.744 e. The normalized spacial score (nSPS) is 11.9. The molecule has 0 radical (unpaired) electrons. The van der Waals surface area contributed by atoms with Crippen molar-refractivity contribution in [1.29, 1.82) is 0 Å². The van der Waals surface area contributed by atoms with Gasteiger partial charge in [-0.25, -0.2) is 16.8 Å². The first-order chi connectivity index (χ1) is 24.4. The van der Waals surface area contributed by atoms with Crippen LogP contribution in [0, 0.1) is 13.8 Å². The van der Waals surface area contributed by atoms with Crippen molar-refractivity contribution in [2.45, 2.75) is 23.6 Å². The van der Waals surface area contributed by atoms with Crippen LogP contribution in [0.15, 0.2) is 115 Å². The van der Waals surface area contributed by atoms with Crippen LogP contribution < -0.4 is 0 Å². The van der Waals surface area contributed by atoms with E-state index in [-0.39, 0.29) is 103 Å². The van der Waals surface area contributed by atoms with E-state index in [0.717, 1.165) is 10.8 Å². The molecule has 0 unspecified atom stereocenters. The first kappa shape index (κ1) is 42.9. The number of hydrogen-bond donors (Lipinski definition) is 2. The molecule has 268 valence electrons. The summed E-state index contributed by atoms with van der Waals surface area (Å²) in [6.07, 6.45) is 0. The fourth-order valence-electron chi connectivity index (χ4n) is 4.99. The molecule has 0 aliphatic carbocycles. The number of phenols is 2. The third-order valence-electron chi connectivity index (χ3n) is 7.42. The van der Waals surface area contributed by atoms with Crippen LogP contribution in [0.5, 0.6) is 11.5 Å². The molecule has 0 atom stereocenters. The summed E-state index contributed by atoms with van der Waals surface area (Å²) in [7, 11) is -9.89. The van der Waals surface area contributed by atoms with Gasteiger partial charge in [0.2, 0.25) is 0 Å². The third-order valence-corrected chi connectivity index (χ3v) is 11.0. The fourth-order valence-corrected chi connectivity index (χ4v) is 7.90. The molecule has 0 saturated carbocycles. The number of benzene rings is 6. The zero-order chi connectivity index (χ0) is 38.1. The molecule has 0 saturated heterocycles. The molecule has 0 fully saturated rings. The first-order valence-corrected chi connectivity index (χ1v) is 18.9. The van der Waals surface area contributed by atoms with Gasteiger partial charge in [-0.05, 0) is 60.0 Å². The van der Waals surface area contributed by atoms with Gasteiger partial charge in [-0.15, -0.1) is 20.5 Å². The first-order valence-electron chi connectivity index (χ1n) is 14.5. The molecule has 0 spiro atoms. The predicted octanol–water partition coefficient (Wildman–Crippen LogP) is 10.6. The number of hydrogen-bond acceptors (Lipinski definition) is 12. The Kier molecular flexibility index (Phi) is 14.0. The molecule has 0 amide bonds. The summed E-state index contributed by atoms with van der Waals surface area (Å²) >= 11 is 24.1. The van der Waals surface area contributed by atoms with Crippen molar-refractivity contribution in [3.8, 4) is 11.5 Å². The quantitative estimate of drug-likeness (QED) is 0.0931. The summed E-state index contributed by atoms with van der Waals surface area (Å²) in [6, 6.07) is 23.0. The molecule has 6 rings (SSSR count). The molecule has 0 aromatic heterocycles. The van der Waals surface area contributed by atoms with Crippen molar-refractivity contribution in [2.24, 2.45) is 20.5 Å². The van der Waals surface area contributed by atoms with Crippen molar-refractivity contribution >= 4 is 160 Å². The Labute approximate surface area is 363 Å². The van der Waals surface area contributed by atoms with E-state index >= 15 is 0 Å². The largest absolute Gasteiger partial charge is 2.00 e. The molecule has 19 heteroatoms. The summed E-state index contributed by atoms with van der Waals surface area (Å²) in [5.74, 6) is -0.317. The van der Waals surface area contributed by atoms with Gasteiger partial charge in [0.1, 0.15) is 64.3 Å². The second-order valence-corrected chi connectivity index (χ2v) is 15.2. The minimum atomic E-state index is -4.94. The van der Waals surface area contributed by atoms with Crippen LogP contribution in [0.2, 0.25) is 20.1 Å². The zero-order valence-corrected chi connectivity index (χ0v) is 36.3. The maximum absolute atomic E-state index is 11.6. The molecular formula is C34H22BaCl4N4O8S2. The number of fused-ring (bicyclic) bond motifs is 2. The Morgan fingerprint density at radius 1 is 0.528 bits per heavy atom. The number of rotatable bonds is 6. The summed E-state index contributed by atoms with van der Waals surface area (Å²) in [4.78, 5) is -1.50. The maximum Gasteiger partial charge on any atom is 2.00 e. The van der Waals surface area contributed by atoms with Crippen molar-refractivity contribution in [3.63, 3.8) is 0 Å². The van der Waals surface area contributed by atoms with Crippen LogP contribution in [0.3, 0.4) is 0 Å². The van der Waals surface area contributed by atoms with Gasteiger partial charge in [0, 0.05) is 10.8 Å². The van der Waals surface area contributed by atoms with E-state index in [0.29, 0.717) is 21.9 Å². The Bertz CT molecular complexity index is 2510. The second kappa shape index (κ2) is 17.3. The van der Waals surface area contributed by atoms with E-state index in [2.05, 4.69) is 20.5 Å². The Morgan fingerprint density at radius 2 is 0.849 bits per heavy atom. The van der Waals surface area contributed by atoms with Gasteiger partial charge in [0.15, 0.2) is 0 Å². The molecule has 0 aliphatic rings. The van der Waals surface area contributed by atoms with Crippen LogP contribution in [0.25, 0.3) is 21.5 Å². The Hall–Kier alpha value is -2.81. The smallest absolute Gasteiger partial charge is 0.744 e. The van der Waals surface area contributed by atoms with E-state index in [4.69, 9.17) is 46.4 Å². The van der Waals surface area contributed by atoms with Gasteiger partial charge in [-0.3, -0.25) is 0 Å². The van der Waals surface area contributed by atoms with Gasteiger partial charge < -0.3 is 19.3 Å². The molecule has 0 aliphatic heterocycles. The van der Waals surface area contributed by atoms with Crippen molar-refractivity contribution < 1.29 is 36.2 Å². The number of aryl methyl sites for hydroxylation is 2. The summed E-state index contributed by atoms with van der Waals surface area (Å²) in [6.45, 7) is 3.17. The van der Waals surface area contributed by atoms with Crippen LogP contribution in [0.4, 0.5) is 22.7 Å². The zero-order valence-electron chi connectivity index (χ0n) is 27.3. The summed E-state index contributed by atoms with van der Waals surface area (Å²) in [5, 5.41) is 37.9. The molecule has 12 nitrogen and oxygen atoms in total. The summed E-state index contributed by atoms with van der Waals surface area (Å²) < 4.78 is 69.5. The Morgan fingerprint density at radius 3 is 1.19 bits per heavy atom. The second-order valence-electron chi connectivity index (χ2n) is 11.0. The van der Waals surface area contributed by atoms with Gasteiger partial charge in [-0.2, -0.15) is 0 Å². The van der Waals surface area contributed by atoms with E-state index < -0.39 is 30.0 Å². The van der Waals surface area contributed by atoms with Crippen molar-refractivity contribution in [3.05, 3.63) is 116 Å². The van der Waals surface area contributed by atoms with Gasteiger partial charge >= 0.3 is 48.9 Å². The monoisotopic (exact) mass is 956 g/mol. The number of azo groups is 2. The van der Waals surface area contributed by atoms with Crippen LogP contribution in [-0.4, -0.2) is 85.0 Å². The van der Waals surface area contributed by atoms with E-state index in [1.165, 1.54) is 24.3 Å². The minimum absolute atomic E-state index is 0. The molecule has 6 aromatic carbocycles. The van der Waals surface area contributed by atoms with Crippen LogP contribution in [-0.2, 0) is 20.2 Å². The van der Waals surface area contributed by atoms with Crippen molar-refractivity contribution in [2.75, 3.05) is 0 Å². The molecule has 0 bridgehead atoms. The third kappa shape index (κ3) is 9.53. The van der Waals surface area contributed by atoms with E-state index in [9.17, 15) is 36.2 Å². The molecule has 53 heavy (non-hydrogen) atoms. The molecule has 0 heterocycles. The van der Waals surface area contributed by atoms with E-state index in [1.54, 1.807) is 50.2 Å². The van der Waals surface area contributed by atoms with Gasteiger partial charge in [0.25, 0.3) is 0 Å². The number of halogens is 4. The van der Waals surface area contributed by atoms with Crippen molar-refractivity contribution in [1.82, 2.24) is 0 Å². The number of phenolic OH excluding ortho intramolecular Hbond substituents is 2. The average molecular weight is 958 g/mol. The number of nitrogens with zero attached hydrogens (tertiary/aromatic N) is 4. The van der Waals surface area contributed by atoms with E-state index in [1.807, 2.05) is 24.3 Å². The standard InChI is InChI=1S/2C17H12Cl2N2O4S.Ba/c2*1-9-8-12(18)17(26(23,24)25)16(14(9)19)21-20-15-11-5-3-2-4-10(11)6-7-13(15)22;/h2*2-8,22H,1H3,(H,23,24,25);/q;;+2/p-2. The maximum atomic E-state index is 11.6. The molecule has 2 N–H and O–H groups in total. The van der Waals surface area contributed by atoms with Gasteiger partial charge in [0.05, 0.1) is 20.1 Å². The molecule has 6 aromatic rings. The topological polar surface area (TPSA) is 204 Å². The Balaban J connectivity index is 0.000000232. The van der Waals surface area contributed by atoms with Gasteiger partial charge in [-0.1, -0.05) is 107 Å². The SMILES string of the molecule is Cc1cc(Cl)c(S(=O)(=O)[O-])c(N=Nc2c(O)ccc3ccccc23)c1Cl.Cc1cc(Cl)c(S(=O)(=O)[O-])c(N=Nc2c(O)ccc3ccccc23)c1Cl.[Ba+2]. The summed E-state index contributed by atoms with van der Waals surface area (Å²) in [5.41, 5.74) is 0.371. The predicted molar refractivity (Wildman–Crippen MR) is 204 cm³/mol. The van der Waals surface area contributed by atoms with Crippen LogP contribution in [0.1, 0.15) is 11.1 Å². The molecular weight excluding hydrogens is 936 g/mol.